The fourth-order valence-electron chi connectivity index (χ4n) is 1.43. The van der Waals surface area contributed by atoms with E-state index in [2.05, 4.69) is 5.32 Å². The number of nitriles is 1. The molecule has 0 bridgehead atoms. The molecule has 5 nitrogen and oxygen atoms in total. The first-order valence-corrected chi connectivity index (χ1v) is 5.67. The first-order chi connectivity index (χ1) is 7.60. The molecule has 1 unspecified atom stereocenters. The van der Waals surface area contributed by atoms with E-state index in [4.69, 9.17) is 10.4 Å². The third-order valence-electron chi connectivity index (χ3n) is 2.45. The minimum absolute atomic E-state index is 0.232. The summed E-state index contributed by atoms with van der Waals surface area (Å²) >= 11 is 0. The fourth-order valence-corrected chi connectivity index (χ4v) is 1.43. The van der Waals surface area contributed by atoms with Gasteiger partial charge in [0.15, 0.2) is 0 Å². The molecule has 92 valence electrons. The second-order valence-corrected chi connectivity index (χ2v) is 3.83. The zero-order chi connectivity index (χ0) is 12.4. The van der Waals surface area contributed by atoms with Crippen molar-refractivity contribution in [2.24, 2.45) is 0 Å². The predicted molar refractivity (Wildman–Crippen MR) is 59.9 cm³/mol. The van der Waals surface area contributed by atoms with Crippen molar-refractivity contribution in [1.29, 1.82) is 5.26 Å². The van der Waals surface area contributed by atoms with E-state index in [1.54, 1.807) is 0 Å². The summed E-state index contributed by atoms with van der Waals surface area (Å²) < 4.78 is 0. The lowest BCUT2D eigenvalue weighted by atomic mass is 10.1. The van der Waals surface area contributed by atoms with Crippen LogP contribution in [0.2, 0.25) is 0 Å². The summed E-state index contributed by atoms with van der Waals surface area (Å²) in [5.41, 5.74) is 0. The minimum atomic E-state index is -1.16. The molecule has 0 aromatic heterocycles. The average Bonchev–Trinajstić information content (AvgIpc) is 2.26. The second kappa shape index (κ2) is 8.98. The lowest BCUT2D eigenvalue weighted by Gasteiger charge is -2.09. The molecule has 0 saturated carbocycles. The Balaban J connectivity index is 3.49. The van der Waals surface area contributed by atoms with Crippen LogP contribution in [0.25, 0.3) is 0 Å². The van der Waals surface area contributed by atoms with Crippen LogP contribution in [0.5, 0.6) is 0 Å². The van der Waals surface area contributed by atoms with E-state index in [0.717, 1.165) is 32.1 Å². The lowest BCUT2D eigenvalue weighted by molar-refractivity contribution is 0.156. The van der Waals surface area contributed by atoms with Crippen molar-refractivity contribution in [2.75, 3.05) is 0 Å². The minimum Gasteiger partial charge on any atom is -0.465 e. The van der Waals surface area contributed by atoms with Gasteiger partial charge in [-0.25, -0.2) is 4.79 Å². The summed E-state index contributed by atoms with van der Waals surface area (Å²) in [6, 6.07) is 1.29. The monoisotopic (exact) mass is 228 g/mol. The molecule has 16 heavy (non-hydrogen) atoms. The number of amides is 1. The van der Waals surface area contributed by atoms with E-state index in [1.165, 1.54) is 0 Å². The SMILES string of the molecule is CCC(O)CCCCC[C@@H](C#N)NC(=O)O. The zero-order valence-corrected chi connectivity index (χ0v) is 9.65. The van der Waals surface area contributed by atoms with Gasteiger partial charge in [-0.2, -0.15) is 5.26 Å². The van der Waals surface area contributed by atoms with Crippen molar-refractivity contribution < 1.29 is 15.0 Å². The summed E-state index contributed by atoms with van der Waals surface area (Å²) in [6.45, 7) is 1.94. The Kier molecular flexibility index (Phi) is 8.26. The quantitative estimate of drug-likeness (QED) is 0.553. The van der Waals surface area contributed by atoms with E-state index in [0.29, 0.717) is 6.42 Å². The zero-order valence-electron chi connectivity index (χ0n) is 9.65. The van der Waals surface area contributed by atoms with Crippen LogP contribution in [-0.2, 0) is 0 Å². The van der Waals surface area contributed by atoms with Crippen LogP contribution < -0.4 is 5.32 Å². The second-order valence-electron chi connectivity index (χ2n) is 3.83. The molecule has 0 saturated heterocycles. The van der Waals surface area contributed by atoms with Crippen LogP contribution in [0.15, 0.2) is 0 Å². The van der Waals surface area contributed by atoms with Gasteiger partial charge in [0.25, 0.3) is 0 Å². The Morgan fingerprint density at radius 1 is 1.38 bits per heavy atom. The molecule has 0 fully saturated rings. The summed E-state index contributed by atoms with van der Waals surface area (Å²) in [5, 5.41) is 28.5. The van der Waals surface area contributed by atoms with E-state index >= 15 is 0 Å². The molecule has 0 radical (unpaired) electrons. The number of hydrogen-bond donors (Lipinski definition) is 3. The van der Waals surface area contributed by atoms with Crippen molar-refractivity contribution in [3.63, 3.8) is 0 Å². The highest BCUT2D eigenvalue weighted by atomic mass is 16.4. The van der Waals surface area contributed by atoms with Crippen molar-refractivity contribution in [2.45, 2.75) is 57.6 Å². The average molecular weight is 228 g/mol. The molecule has 0 aromatic rings. The molecule has 0 aliphatic heterocycles. The van der Waals surface area contributed by atoms with Crippen molar-refractivity contribution >= 4 is 6.09 Å². The molecule has 5 heteroatoms. The van der Waals surface area contributed by atoms with E-state index in [1.807, 2.05) is 13.0 Å². The molecular formula is C11H20N2O3. The number of hydrogen-bond acceptors (Lipinski definition) is 3. The Bertz CT molecular complexity index is 238. The van der Waals surface area contributed by atoms with Gasteiger partial charge in [0.1, 0.15) is 6.04 Å². The number of carbonyl (C=O) groups is 1. The van der Waals surface area contributed by atoms with Crippen LogP contribution in [0.1, 0.15) is 45.4 Å². The molecule has 0 spiro atoms. The molecule has 3 N–H and O–H groups in total. The van der Waals surface area contributed by atoms with Crippen LogP contribution in [0, 0.1) is 11.3 Å². The smallest absolute Gasteiger partial charge is 0.405 e. The standard InChI is InChI=1S/C11H20N2O3/c1-2-10(14)7-5-3-4-6-9(8-12)13-11(15)16/h9-10,13-14H,2-7H2,1H3,(H,15,16)/t9-,10?/m0/s1. The highest BCUT2D eigenvalue weighted by Crippen LogP contribution is 2.09. The molecule has 0 aromatic carbocycles. The third-order valence-corrected chi connectivity index (χ3v) is 2.45. The molecular weight excluding hydrogens is 208 g/mol. The number of unbranched alkanes of at least 4 members (excludes halogenated alkanes) is 2. The van der Waals surface area contributed by atoms with Crippen LogP contribution in [-0.4, -0.2) is 28.5 Å². The largest absolute Gasteiger partial charge is 0.465 e. The van der Waals surface area contributed by atoms with Gasteiger partial charge in [0, 0.05) is 0 Å². The Labute approximate surface area is 96.1 Å². The molecule has 2 atom stereocenters. The Morgan fingerprint density at radius 3 is 2.50 bits per heavy atom. The van der Waals surface area contributed by atoms with Gasteiger partial charge in [0.2, 0.25) is 0 Å². The predicted octanol–water partition coefficient (Wildman–Crippen LogP) is 1.87. The Morgan fingerprint density at radius 2 is 2.00 bits per heavy atom. The number of nitrogens with one attached hydrogen (secondary N) is 1. The highest BCUT2D eigenvalue weighted by Gasteiger charge is 2.09. The number of aliphatic hydroxyl groups excluding tert-OH is 1. The van der Waals surface area contributed by atoms with Gasteiger partial charge in [-0.05, 0) is 19.3 Å². The van der Waals surface area contributed by atoms with Crippen molar-refractivity contribution in [1.82, 2.24) is 5.32 Å². The third kappa shape index (κ3) is 8.06. The number of nitrogens with zero attached hydrogens (tertiary/aromatic N) is 1. The summed E-state index contributed by atoms with van der Waals surface area (Å²) in [6.07, 6.45) is 3.31. The fraction of sp³-hybridized carbons (Fsp3) is 0.818. The van der Waals surface area contributed by atoms with Gasteiger partial charge >= 0.3 is 6.09 Å². The summed E-state index contributed by atoms with van der Waals surface area (Å²) in [5.74, 6) is 0. The van der Waals surface area contributed by atoms with Crippen molar-refractivity contribution in [3.8, 4) is 6.07 Å². The first-order valence-electron chi connectivity index (χ1n) is 5.67. The maximum absolute atomic E-state index is 10.3. The molecule has 0 aliphatic rings. The summed E-state index contributed by atoms with van der Waals surface area (Å²) in [4.78, 5) is 10.3. The number of aliphatic hydroxyl groups is 1. The maximum atomic E-state index is 10.3. The lowest BCUT2D eigenvalue weighted by Crippen LogP contribution is -2.32. The van der Waals surface area contributed by atoms with Crippen LogP contribution >= 0.6 is 0 Å². The summed E-state index contributed by atoms with van der Waals surface area (Å²) in [7, 11) is 0. The van der Waals surface area contributed by atoms with Crippen LogP contribution in [0.4, 0.5) is 4.79 Å². The van der Waals surface area contributed by atoms with E-state index in [9.17, 15) is 9.90 Å². The first kappa shape index (κ1) is 14.7. The maximum Gasteiger partial charge on any atom is 0.405 e. The molecule has 0 heterocycles. The molecule has 1 amide bonds. The Hall–Kier alpha value is -1.28. The van der Waals surface area contributed by atoms with Crippen molar-refractivity contribution in [3.05, 3.63) is 0 Å². The van der Waals surface area contributed by atoms with E-state index < -0.39 is 12.1 Å². The normalized spacial score (nSPS) is 13.8. The van der Waals surface area contributed by atoms with Gasteiger partial charge in [-0.15, -0.1) is 0 Å². The molecule has 0 aliphatic carbocycles. The van der Waals surface area contributed by atoms with Gasteiger partial charge < -0.3 is 15.5 Å². The number of rotatable bonds is 8. The highest BCUT2D eigenvalue weighted by molar-refractivity contribution is 5.65. The topological polar surface area (TPSA) is 93.4 Å². The van der Waals surface area contributed by atoms with Crippen LogP contribution in [0.3, 0.4) is 0 Å². The molecule has 0 rings (SSSR count). The van der Waals surface area contributed by atoms with Gasteiger partial charge in [0.05, 0.1) is 12.2 Å². The van der Waals surface area contributed by atoms with Gasteiger partial charge in [-0.1, -0.05) is 26.2 Å². The number of carboxylic acid groups (broad SMARTS) is 1. The van der Waals surface area contributed by atoms with E-state index in [-0.39, 0.29) is 6.10 Å². The van der Waals surface area contributed by atoms with Gasteiger partial charge in [-0.3, -0.25) is 0 Å².